The summed E-state index contributed by atoms with van der Waals surface area (Å²) in [5.74, 6) is -0.0470. The highest BCUT2D eigenvalue weighted by molar-refractivity contribution is 5.98. The minimum atomic E-state index is -0.782. The van der Waals surface area contributed by atoms with Crippen LogP contribution >= 0.6 is 0 Å². The first-order valence-electron chi connectivity index (χ1n) is 9.20. The minimum Gasteiger partial charge on any atom is -0.454 e. The average molecular weight is 387 g/mol. The SMILES string of the molecule is NC(=O)c1cc(F)c(NC2CCCCC2N)nc1Nc1ccc2c(c1)OCO2. The number of halogens is 1. The standard InChI is InChI=1S/C19H22FN5O3/c20-12-8-11(17(22)26)18(23-10-5-6-15-16(7-10)28-9-27-15)25-19(12)24-14-4-2-1-3-13(14)21/h5-8,13-14H,1-4,9,21H2,(H2,22,26)(H2,23,24,25). The zero-order valence-corrected chi connectivity index (χ0v) is 15.2. The van der Waals surface area contributed by atoms with Crippen LogP contribution in [0.4, 0.5) is 21.7 Å². The molecule has 8 nitrogen and oxygen atoms in total. The Bertz CT molecular complexity index is 907. The number of rotatable bonds is 5. The lowest BCUT2D eigenvalue weighted by Crippen LogP contribution is -2.43. The van der Waals surface area contributed by atoms with Gasteiger partial charge >= 0.3 is 0 Å². The molecule has 2 aliphatic rings. The molecule has 1 saturated carbocycles. The number of nitrogens with one attached hydrogen (secondary N) is 2. The van der Waals surface area contributed by atoms with E-state index >= 15 is 0 Å². The second kappa shape index (κ2) is 7.51. The van der Waals surface area contributed by atoms with E-state index in [2.05, 4.69) is 15.6 Å². The lowest BCUT2D eigenvalue weighted by molar-refractivity contribution is 0.100. The summed E-state index contributed by atoms with van der Waals surface area (Å²) in [6.07, 6.45) is 3.80. The Hall–Kier alpha value is -3.07. The van der Waals surface area contributed by atoms with Crippen molar-refractivity contribution in [1.82, 2.24) is 4.98 Å². The van der Waals surface area contributed by atoms with Crippen LogP contribution in [0.15, 0.2) is 24.3 Å². The summed E-state index contributed by atoms with van der Waals surface area (Å²) in [6, 6.07) is 6.12. The third-order valence-corrected chi connectivity index (χ3v) is 5.02. The minimum absolute atomic E-state index is 0.0376. The van der Waals surface area contributed by atoms with Gasteiger partial charge in [-0.2, -0.15) is 0 Å². The number of aromatic nitrogens is 1. The molecule has 28 heavy (non-hydrogen) atoms. The van der Waals surface area contributed by atoms with Gasteiger partial charge in [0, 0.05) is 23.8 Å². The number of benzene rings is 1. The molecule has 2 heterocycles. The lowest BCUT2D eigenvalue weighted by Gasteiger charge is -2.30. The number of nitrogens with two attached hydrogens (primary N) is 2. The topological polar surface area (TPSA) is 125 Å². The van der Waals surface area contributed by atoms with Gasteiger partial charge in [-0.05, 0) is 31.0 Å². The Kier molecular flexibility index (Phi) is 4.91. The Morgan fingerprint density at radius 2 is 1.93 bits per heavy atom. The van der Waals surface area contributed by atoms with Crippen molar-refractivity contribution in [1.29, 1.82) is 0 Å². The van der Waals surface area contributed by atoms with Crippen molar-refractivity contribution in [3.05, 3.63) is 35.6 Å². The van der Waals surface area contributed by atoms with Crippen molar-refractivity contribution in [2.24, 2.45) is 11.5 Å². The summed E-state index contributed by atoms with van der Waals surface area (Å²) >= 11 is 0. The molecule has 0 spiro atoms. The molecule has 9 heteroatoms. The average Bonchev–Trinajstić information content (AvgIpc) is 3.13. The van der Waals surface area contributed by atoms with E-state index in [0.717, 1.165) is 31.7 Å². The molecule has 1 fully saturated rings. The van der Waals surface area contributed by atoms with Gasteiger partial charge in [0.05, 0.1) is 5.56 Å². The van der Waals surface area contributed by atoms with Crippen molar-refractivity contribution in [3.8, 4) is 11.5 Å². The maximum Gasteiger partial charge on any atom is 0.252 e. The summed E-state index contributed by atoms with van der Waals surface area (Å²) < 4.78 is 25.2. The number of amides is 1. The van der Waals surface area contributed by atoms with Crippen LogP contribution in [-0.2, 0) is 0 Å². The van der Waals surface area contributed by atoms with Crippen LogP contribution in [0.25, 0.3) is 0 Å². The van der Waals surface area contributed by atoms with Gasteiger partial charge in [-0.15, -0.1) is 0 Å². The molecule has 1 aliphatic carbocycles. The fourth-order valence-corrected chi connectivity index (χ4v) is 3.50. The molecule has 4 rings (SSSR count). The first-order chi connectivity index (χ1) is 13.5. The Morgan fingerprint density at radius 1 is 1.14 bits per heavy atom. The molecule has 1 aromatic carbocycles. The van der Waals surface area contributed by atoms with Gasteiger partial charge in [0.2, 0.25) is 6.79 Å². The van der Waals surface area contributed by atoms with Crippen LogP contribution in [0.3, 0.4) is 0 Å². The number of hydrogen-bond acceptors (Lipinski definition) is 7. The third kappa shape index (κ3) is 3.65. The quantitative estimate of drug-likeness (QED) is 0.621. The molecule has 1 aromatic heterocycles. The monoisotopic (exact) mass is 387 g/mol. The van der Waals surface area contributed by atoms with Gasteiger partial charge in [-0.25, -0.2) is 9.37 Å². The zero-order valence-electron chi connectivity index (χ0n) is 15.2. The Balaban J connectivity index is 1.63. The van der Waals surface area contributed by atoms with Crippen molar-refractivity contribution < 1.29 is 18.7 Å². The lowest BCUT2D eigenvalue weighted by atomic mass is 9.91. The van der Waals surface area contributed by atoms with Crippen LogP contribution in [-0.4, -0.2) is 29.8 Å². The molecule has 148 valence electrons. The molecular weight excluding hydrogens is 365 g/mol. The maximum atomic E-state index is 14.6. The second-order valence-corrected chi connectivity index (χ2v) is 6.97. The van der Waals surface area contributed by atoms with E-state index in [1.54, 1.807) is 18.2 Å². The summed E-state index contributed by atoms with van der Waals surface area (Å²) in [7, 11) is 0. The van der Waals surface area contributed by atoms with Gasteiger partial charge < -0.3 is 31.6 Å². The first kappa shape index (κ1) is 18.3. The van der Waals surface area contributed by atoms with Crippen LogP contribution in [0.2, 0.25) is 0 Å². The third-order valence-electron chi connectivity index (χ3n) is 5.02. The molecule has 1 amide bonds. The predicted molar refractivity (Wildman–Crippen MR) is 102 cm³/mol. The van der Waals surface area contributed by atoms with E-state index in [1.165, 1.54) is 0 Å². The molecule has 2 unspecified atom stereocenters. The fourth-order valence-electron chi connectivity index (χ4n) is 3.50. The molecule has 0 bridgehead atoms. The highest BCUT2D eigenvalue weighted by atomic mass is 19.1. The number of carbonyl (C=O) groups excluding carboxylic acids is 1. The maximum absolute atomic E-state index is 14.6. The van der Waals surface area contributed by atoms with E-state index in [0.29, 0.717) is 17.2 Å². The van der Waals surface area contributed by atoms with Gasteiger partial charge in [0.15, 0.2) is 23.1 Å². The molecule has 6 N–H and O–H groups in total. The number of carbonyl (C=O) groups is 1. The molecule has 0 saturated heterocycles. The van der Waals surface area contributed by atoms with E-state index in [4.69, 9.17) is 20.9 Å². The predicted octanol–water partition coefficient (Wildman–Crippen LogP) is 2.47. The Morgan fingerprint density at radius 3 is 2.71 bits per heavy atom. The number of primary amides is 1. The van der Waals surface area contributed by atoms with Crippen LogP contribution in [0.5, 0.6) is 11.5 Å². The molecule has 2 atom stereocenters. The van der Waals surface area contributed by atoms with E-state index in [9.17, 15) is 9.18 Å². The molecule has 0 radical (unpaired) electrons. The number of anilines is 3. The van der Waals surface area contributed by atoms with Crippen molar-refractivity contribution in [2.45, 2.75) is 37.8 Å². The summed E-state index contributed by atoms with van der Waals surface area (Å²) in [5.41, 5.74) is 12.1. The summed E-state index contributed by atoms with van der Waals surface area (Å²) in [6.45, 7) is 0.149. The summed E-state index contributed by atoms with van der Waals surface area (Å²) in [4.78, 5) is 16.1. The van der Waals surface area contributed by atoms with Gasteiger partial charge in [0.25, 0.3) is 5.91 Å². The highest BCUT2D eigenvalue weighted by Gasteiger charge is 2.24. The normalized spacial score (nSPS) is 20.6. The highest BCUT2D eigenvalue weighted by Crippen LogP contribution is 2.35. The Labute approximate surface area is 161 Å². The van der Waals surface area contributed by atoms with Crippen molar-refractivity contribution in [2.75, 3.05) is 17.4 Å². The fraction of sp³-hybridized carbons (Fsp3) is 0.368. The number of nitrogens with zero attached hydrogens (tertiary/aromatic N) is 1. The largest absolute Gasteiger partial charge is 0.454 e. The van der Waals surface area contributed by atoms with Crippen LogP contribution < -0.4 is 31.6 Å². The summed E-state index contributed by atoms with van der Waals surface area (Å²) in [5, 5.41) is 6.10. The van der Waals surface area contributed by atoms with E-state index in [1.807, 2.05) is 0 Å². The first-order valence-corrected chi connectivity index (χ1v) is 9.20. The number of fused-ring (bicyclic) bond motifs is 1. The van der Waals surface area contributed by atoms with E-state index in [-0.39, 0.29) is 36.1 Å². The van der Waals surface area contributed by atoms with Crippen LogP contribution in [0, 0.1) is 5.82 Å². The van der Waals surface area contributed by atoms with Crippen molar-refractivity contribution in [3.63, 3.8) is 0 Å². The number of hydrogen-bond donors (Lipinski definition) is 4. The smallest absolute Gasteiger partial charge is 0.252 e. The van der Waals surface area contributed by atoms with Crippen LogP contribution in [0.1, 0.15) is 36.0 Å². The molecule has 2 aromatic rings. The van der Waals surface area contributed by atoms with E-state index < -0.39 is 11.7 Å². The van der Waals surface area contributed by atoms with Gasteiger partial charge in [-0.3, -0.25) is 4.79 Å². The second-order valence-electron chi connectivity index (χ2n) is 6.97. The number of ether oxygens (including phenoxy) is 2. The van der Waals surface area contributed by atoms with Gasteiger partial charge in [-0.1, -0.05) is 12.8 Å². The molecular formula is C19H22FN5O3. The zero-order chi connectivity index (χ0) is 19.7. The van der Waals surface area contributed by atoms with Gasteiger partial charge in [0.1, 0.15) is 5.82 Å². The number of pyridine rings is 1. The molecule has 1 aliphatic heterocycles. The van der Waals surface area contributed by atoms with Crippen molar-refractivity contribution >= 4 is 23.2 Å².